The average Bonchev–Trinajstić information content (AvgIpc) is 3.42. The molecule has 26 heavy (non-hydrogen) atoms. The van der Waals surface area contributed by atoms with Crippen molar-refractivity contribution in [3.8, 4) is 0 Å². The van der Waals surface area contributed by atoms with Crippen LogP contribution < -0.4 is 5.32 Å². The van der Waals surface area contributed by atoms with E-state index in [1.807, 2.05) is 24.3 Å². The van der Waals surface area contributed by atoms with E-state index < -0.39 is 6.04 Å². The molecule has 6 heteroatoms. The van der Waals surface area contributed by atoms with E-state index in [-0.39, 0.29) is 30.1 Å². The summed E-state index contributed by atoms with van der Waals surface area (Å²) >= 11 is 12.2. The Labute approximate surface area is 162 Å². The molecular formula is C20H19Cl2NO3. The number of hydrogen-bond acceptors (Lipinski definition) is 3. The molecule has 1 amide bonds. The summed E-state index contributed by atoms with van der Waals surface area (Å²) in [5.74, 6) is -0.488. The minimum absolute atomic E-state index is 0.0628. The minimum atomic E-state index is -0.459. The van der Waals surface area contributed by atoms with Gasteiger partial charge in [-0.2, -0.15) is 0 Å². The van der Waals surface area contributed by atoms with Gasteiger partial charge in [-0.15, -0.1) is 0 Å². The molecule has 4 nitrogen and oxygen atoms in total. The van der Waals surface area contributed by atoms with Gasteiger partial charge < -0.3 is 10.1 Å². The minimum Gasteiger partial charge on any atom is -0.469 e. The molecule has 1 aliphatic carbocycles. The molecule has 1 N–H and O–H groups in total. The number of methoxy groups -OCH3 is 1. The van der Waals surface area contributed by atoms with Crippen molar-refractivity contribution in [2.75, 3.05) is 7.11 Å². The molecule has 136 valence electrons. The first kappa shape index (κ1) is 18.7. The first-order chi connectivity index (χ1) is 12.5. The molecule has 1 fully saturated rings. The number of halogens is 2. The van der Waals surface area contributed by atoms with Crippen LogP contribution in [0.25, 0.3) is 0 Å². The molecule has 0 aliphatic heterocycles. The van der Waals surface area contributed by atoms with E-state index in [0.29, 0.717) is 10.0 Å². The van der Waals surface area contributed by atoms with Crippen molar-refractivity contribution in [3.05, 3.63) is 69.7 Å². The van der Waals surface area contributed by atoms with Crippen LogP contribution >= 0.6 is 23.2 Å². The van der Waals surface area contributed by atoms with E-state index in [1.165, 1.54) is 7.11 Å². The first-order valence-corrected chi connectivity index (χ1v) is 9.12. The number of nitrogens with one attached hydrogen (secondary N) is 1. The zero-order valence-electron chi connectivity index (χ0n) is 14.2. The second-order valence-corrected chi connectivity index (χ2v) is 7.21. The number of carbonyl (C=O) groups excluding carboxylic acids is 2. The van der Waals surface area contributed by atoms with Crippen LogP contribution in [0, 0.1) is 5.92 Å². The number of ether oxygens (including phenoxy) is 1. The lowest BCUT2D eigenvalue weighted by atomic mass is 10.0. The number of carbonyl (C=O) groups is 2. The van der Waals surface area contributed by atoms with Gasteiger partial charge in [0.1, 0.15) is 0 Å². The smallest absolute Gasteiger partial charge is 0.307 e. The lowest BCUT2D eigenvalue weighted by molar-refractivity contribution is -0.141. The molecule has 3 rings (SSSR count). The standard InChI is InChI=1S/C20H19Cl2NO3/c1-26-19(24)11-18(12-6-8-13(21)9-7-12)23-20(25)16-10-15(16)14-4-2-3-5-17(14)22/h2-9,15-16,18H,10-11H2,1H3,(H,23,25). The normalized spacial score (nSPS) is 19.5. The van der Waals surface area contributed by atoms with Gasteiger partial charge in [-0.3, -0.25) is 9.59 Å². The highest BCUT2D eigenvalue weighted by atomic mass is 35.5. The topological polar surface area (TPSA) is 55.4 Å². The van der Waals surface area contributed by atoms with Crippen molar-refractivity contribution in [2.24, 2.45) is 5.92 Å². The van der Waals surface area contributed by atoms with Crippen molar-refractivity contribution < 1.29 is 14.3 Å². The van der Waals surface area contributed by atoms with Gasteiger partial charge in [0, 0.05) is 16.0 Å². The summed E-state index contributed by atoms with van der Waals surface area (Å²) < 4.78 is 4.76. The zero-order chi connectivity index (χ0) is 18.7. The highest BCUT2D eigenvalue weighted by molar-refractivity contribution is 6.31. The molecular weight excluding hydrogens is 373 g/mol. The highest BCUT2D eigenvalue weighted by Gasteiger charge is 2.45. The van der Waals surface area contributed by atoms with Gasteiger partial charge in [0.05, 0.1) is 19.6 Å². The maximum Gasteiger partial charge on any atom is 0.307 e. The fraction of sp³-hybridized carbons (Fsp3) is 0.300. The highest BCUT2D eigenvalue weighted by Crippen LogP contribution is 2.49. The Morgan fingerprint density at radius 3 is 2.50 bits per heavy atom. The Hall–Kier alpha value is -2.04. The van der Waals surface area contributed by atoms with Crippen LogP contribution in [0.3, 0.4) is 0 Å². The molecule has 1 saturated carbocycles. The Morgan fingerprint density at radius 1 is 1.15 bits per heavy atom. The van der Waals surface area contributed by atoms with E-state index in [9.17, 15) is 9.59 Å². The van der Waals surface area contributed by atoms with Crippen molar-refractivity contribution in [3.63, 3.8) is 0 Å². The predicted octanol–water partition coefficient (Wildman–Crippen LogP) is 4.52. The largest absolute Gasteiger partial charge is 0.469 e. The monoisotopic (exact) mass is 391 g/mol. The Kier molecular flexibility index (Phi) is 5.84. The molecule has 0 bridgehead atoms. The fourth-order valence-corrected chi connectivity index (χ4v) is 3.48. The Bertz CT molecular complexity index is 807. The summed E-state index contributed by atoms with van der Waals surface area (Å²) in [5, 5.41) is 4.25. The maximum atomic E-state index is 12.7. The number of benzene rings is 2. The molecule has 3 atom stereocenters. The third-order valence-electron chi connectivity index (χ3n) is 4.62. The lowest BCUT2D eigenvalue weighted by Gasteiger charge is -2.18. The second kappa shape index (κ2) is 8.11. The Balaban J connectivity index is 1.71. The number of esters is 1. The van der Waals surface area contributed by atoms with Crippen molar-refractivity contribution >= 4 is 35.1 Å². The third-order valence-corrected chi connectivity index (χ3v) is 5.22. The van der Waals surface area contributed by atoms with Crippen LogP contribution in [0.5, 0.6) is 0 Å². The molecule has 1 aliphatic rings. The maximum absolute atomic E-state index is 12.7. The molecule has 0 aromatic heterocycles. The van der Waals surface area contributed by atoms with Gasteiger partial charge in [-0.25, -0.2) is 0 Å². The summed E-state index contributed by atoms with van der Waals surface area (Å²) in [6.45, 7) is 0. The van der Waals surface area contributed by atoms with Crippen LogP contribution in [-0.4, -0.2) is 19.0 Å². The van der Waals surface area contributed by atoms with E-state index in [4.69, 9.17) is 27.9 Å². The molecule has 0 saturated heterocycles. The van der Waals surface area contributed by atoms with Crippen LogP contribution in [0.4, 0.5) is 0 Å². The van der Waals surface area contributed by atoms with Crippen LogP contribution in [0.2, 0.25) is 10.0 Å². The summed E-state index contributed by atoms with van der Waals surface area (Å²) in [4.78, 5) is 24.4. The van der Waals surface area contributed by atoms with Crippen LogP contribution in [0.1, 0.15) is 35.9 Å². The van der Waals surface area contributed by atoms with E-state index >= 15 is 0 Å². The zero-order valence-corrected chi connectivity index (χ0v) is 15.8. The molecule has 2 aromatic rings. The molecule has 3 unspecified atom stereocenters. The van der Waals surface area contributed by atoms with Gasteiger partial charge in [0.25, 0.3) is 0 Å². The lowest BCUT2D eigenvalue weighted by Crippen LogP contribution is -2.32. The van der Waals surface area contributed by atoms with Crippen LogP contribution in [-0.2, 0) is 14.3 Å². The van der Waals surface area contributed by atoms with Gasteiger partial charge in [0.2, 0.25) is 5.91 Å². The second-order valence-electron chi connectivity index (χ2n) is 6.36. The van der Waals surface area contributed by atoms with Crippen molar-refractivity contribution in [1.29, 1.82) is 0 Å². The Morgan fingerprint density at radius 2 is 1.85 bits per heavy atom. The fourth-order valence-electron chi connectivity index (χ4n) is 3.08. The predicted molar refractivity (Wildman–Crippen MR) is 101 cm³/mol. The first-order valence-electron chi connectivity index (χ1n) is 8.36. The SMILES string of the molecule is COC(=O)CC(NC(=O)C1CC1c1ccccc1Cl)c1ccc(Cl)cc1. The van der Waals surface area contributed by atoms with Gasteiger partial charge in [0.15, 0.2) is 0 Å². The van der Waals surface area contributed by atoms with Gasteiger partial charge in [-0.1, -0.05) is 53.5 Å². The molecule has 0 heterocycles. The summed E-state index contributed by atoms with van der Waals surface area (Å²) in [6, 6.07) is 14.2. The van der Waals surface area contributed by atoms with Gasteiger partial charge >= 0.3 is 5.97 Å². The van der Waals surface area contributed by atoms with E-state index in [2.05, 4.69) is 5.32 Å². The van der Waals surface area contributed by atoms with Crippen molar-refractivity contribution in [1.82, 2.24) is 5.32 Å². The summed E-state index contributed by atoms with van der Waals surface area (Å²) in [6.07, 6.45) is 0.814. The van der Waals surface area contributed by atoms with Crippen LogP contribution in [0.15, 0.2) is 48.5 Å². The average molecular weight is 392 g/mol. The molecule has 0 radical (unpaired) electrons. The van der Waals surface area contributed by atoms with Crippen molar-refractivity contribution in [2.45, 2.75) is 24.8 Å². The number of hydrogen-bond donors (Lipinski definition) is 1. The quantitative estimate of drug-likeness (QED) is 0.736. The van der Waals surface area contributed by atoms with E-state index in [1.54, 1.807) is 24.3 Å². The summed E-state index contributed by atoms with van der Waals surface area (Å²) in [5.41, 5.74) is 1.80. The van der Waals surface area contributed by atoms with E-state index in [0.717, 1.165) is 17.5 Å². The number of amides is 1. The molecule has 0 spiro atoms. The van der Waals surface area contributed by atoms with Gasteiger partial charge in [-0.05, 0) is 41.7 Å². The molecule has 2 aromatic carbocycles. The number of rotatable bonds is 6. The summed E-state index contributed by atoms with van der Waals surface area (Å²) in [7, 11) is 1.33. The third kappa shape index (κ3) is 4.37.